The highest BCUT2D eigenvalue weighted by Gasteiger charge is 2.43. The molecule has 36 heavy (non-hydrogen) atoms. The van der Waals surface area contributed by atoms with E-state index in [1.807, 2.05) is 29.8 Å². The minimum atomic E-state index is -4.34. The maximum atomic E-state index is 14.7. The number of amides is 1. The van der Waals surface area contributed by atoms with Crippen molar-refractivity contribution in [2.75, 3.05) is 31.7 Å². The average Bonchev–Trinajstić information content (AvgIpc) is 3.29. The number of alkyl halides is 1. The molecule has 1 atom stereocenters. The first-order valence-electron chi connectivity index (χ1n) is 11.6. The van der Waals surface area contributed by atoms with E-state index in [4.69, 9.17) is 0 Å². The molecule has 1 amide bonds. The molecule has 0 unspecified atom stereocenters. The lowest BCUT2D eigenvalue weighted by atomic mass is 10.1. The lowest BCUT2D eigenvalue weighted by Crippen LogP contribution is -2.44. The molecule has 1 saturated carbocycles. The zero-order valence-electron chi connectivity index (χ0n) is 20.3. The lowest BCUT2D eigenvalue weighted by molar-refractivity contribution is -0.130. The zero-order valence-corrected chi connectivity index (χ0v) is 21.9. The number of sulfonamides is 1. The number of rotatable bonds is 11. The van der Waals surface area contributed by atoms with Gasteiger partial charge in [-0.3, -0.25) is 4.79 Å². The third-order valence-electron chi connectivity index (χ3n) is 6.00. The lowest BCUT2D eigenvalue weighted by Gasteiger charge is -2.23. The number of thioether (sulfide) groups is 1. The molecule has 1 aliphatic carbocycles. The number of hydrogen-bond donors (Lipinski definition) is 2. The van der Waals surface area contributed by atoms with Gasteiger partial charge in [0.15, 0.2) is 5.67 Å². The van der Waals surface area contributed by atoms with E-state index in [0.29, 0.717) is 24.3 Å². The SMILES string of the molecule is CN(C)CC[C@H](CSc1ccc(F)cc1)Nc1ccc(S(=O)(=O)NC(=O)C2(F)CCCC2)cc1C#N. The quantitative estimate of drug-likeness (QED) is 0.413. The summed E-state index contributed by atoms with van der Waals surface area (Å²) in [6, 6.07) is 12.1. The van der Waals surface area contributed by atoms with Crippen molar-refractivity contribution in [3.8, 4) is 6.07 Å². The van der Waals surface area contributed by atoms with Gasteiger partial charge < -0.3 is 10.2 Å². The van der Waals surface area contributed by atoms with Crippen molar-refractivity contribution in [2.24, 2.45) is 0 Å². The second-order valence-corrected chi connectivity index (χ2v) is 11.9. The predicted octanol–water partition coefficient (Wildman–Crippen LogP) is 4.31. The van der Waals surface area contributed by atoms with E-state index in [9.17, 15) is 27.3 Å². The van der Waals surface area contributed by atoms with Crippen LogP contribution in [0.25, 0.3) is 0 Å². The fourth-order valence-corrected chi connectivity index (χ4v) is 5.94. The van der Waals surface area contributed by atoms with Crippen molar-refractivity contribution in [1.82, 2.24) is 9.62 Å². The molecule has 3 rings (SSSR count). The Morgan fingerprint density at radius 2 is 1.86 bits per heavy atom. The van der Waals surface area contributed by atoms with E-state index in [1.54, 1.807) is 12.1 Å². The summed E-state index contributed by atoms with van der Waals surface area (Å²) >= 11 is 1.54. The first kappa shape index (κ1) is 27.9. The summed E-state index contributed by atoms with van der Waals surface area (Å²) in [6.45, 7) is 0.771. The number of nitrogens with one attached hydrogen (secondary N) is 2. The van der Waals surface area contributed by atoms with Crippen LogP contribution in [0, 0.1) is 17.1 Å². The highest BCUT2D eigenvalue weighted by Crippen LogP contribution is 2.34. The number of anilines is 1. The van der Waals surface area contributed by atoms with Crippen LogP contribution in [0.5, 0.6) is 0 Å². The monoisotopic (exact) mass is 536 g/mol. The predicted molar refractivity (Wildman–Crippen MR) is 136 cm³/mol. The van der Waals surface area contributed by atoms with Crippen molar-refractivity contribution >= 4 is 33.4 Å². The Kier molecular flexibility index (Phi) is 9.33. The molecule has 0 spiro atoms. The van der Waals surface area contributed by atoms with Crippen LogP contribution in [0.4, 0.5) is 14.5 Å². The number of hydrogen-bond acceptors (Lipinski definition) is 7. The number of halogens is 2. The molecule has 1 aliphatic rings. The molecular formula is C25H30F2N4O3S2. The van der Waals surface area contributed by atoms with Crippen LogP contribution in [0.3, 0.4) is 0 Å². The van der Waals surface area contributed by atoms with Gasteiger partial charge in [-0.2, -0.15) is 5.26 Å². The number of carbonyl (C=O) groups excluding carboxylic acids is 1. The maximum absolute atomic E-state index is 14.7. The van der Waals surface area contributed by atoms with E-state index in [1.165, 1.54) is 42.1 Å². The molecule has 0 heterocycles. The third-order valence-corrected chi connectivity index (χ3v) is 8.50. The second-order valence-electron chi connectivity index (χ2n) is 9.12. The Labute approximate surface area is 215 Å². The van der Waals surface area contributed by atoms with Crippen LogP contribution in [0.1, 0.15) is 37.7 Å². The van der Waals surface area contributed by atoms with Crippen molar-refractivity contribution in [2.45, 2.75) is 53.6 Å². The maximum Gasteiger partial charge on any atom is 0.271 e. The molecule has 0 aliphatic heterocycles. The van der Waals surface area contributed by atoms with Gasteiger partial charge in [-0.1, -0.05) is 0 Å². The smallest absolute Gasteiger partial charge is 0.271 e. The van der Waals surface area contributed by atoms with E-state index < -0.39 is 21.6 Å². The average molecular weight is 537 g/mol. The fourth-order valence-electron chi connectivity index (χ4n) is 3.90. The minimum absolute atomic E-state index is 0.00900. The van der Waals surface area contributed by atoms with Crippen LogP contribution in [-0.4, -0.2) is 57.3 Å². The molecular weight excluding hydrogens is 506 g/mol. The molecule has 0 saturated heterocycles. The summed E-state index contributed by atoms with van der Waals surface area (Å²) in [7, 11) is -0.443. The van der Waals surface area contributed by atoms with Crippen molar-refractivity contribution < 1.29 is 22.0 Å². The number of nitrogens with zero attached hydrogens (tertiary/aromatic N) is 2. The summed E-state index contributed by atoms with van der Waals surface area (Å²) in [5.74, 6) is -0.849. The summed E-state index contributed by atoms with van der Waals surface area (Å²) in [5, 5.41) is 13.0. The molecule has 0 bridgehead atoms. The molecule has 1 fully saturated rings. The molecule has 194 valence electrons. The molecule has 2 aromatic carbocycles. The normalized spacial score (nSPS) is 15.9. The van der Waals surface area contributed by atoms with Gasteiger partial charge in [0.2, 0.25) is 0 Å². The number of nitriles is 1. The standard InChI is InChI=1S/C25H30F2N4O3S2/c1-31(2)14-11-20(17-35-21-7-5-19(26)6-8-21)29-23-10-9-22(15-18(23)16-28)36(33,34)30-24(32)25(27)12-3-4-13-25/h5-10,15,20,29H,3-4,11-14,17H2,1-2H3,(H,30,32)/t20-/m1/s1. The minimum Gasteiger partial charge on any atom is -0.380 e. The Morgan fingerprint density at radius 3 is 2.47 bits per heavy atom. The first-order valence-corrected chi connectivity index (χ1v) is 14.1. The van der Waals surface area contributed by atoms with Crippen LogP contribution in [-0.2, 0) is 14.8 Å². The van der Waals surface area contributed by atoms with Gasteiger partial charge in [0.05, 0.1) is 16.1 Å². The summed E-state index contributed by atoms with van der Waals surface area (Å²) in [4.78, 5) is 14.9. The van der Waals surface area contributed by atoms with E-state index in [2.05, 4.69) is 5.32 Å². The Hall–Kier alpha value is -2.68. The van der Waals surface area contributed by atoms with Crippen molar-refractivity contribution in [3.05, 3.63) is 53.8 Å². The summed E-state index contributed by atoms with van der Waals surface area (Å²) in [6.07, 6.45) is 1.77. The Balaban J connectivity index is 1.75. The summed E-state index contributed by atoms with van der Waals surface area (Å²) in [5.41, 5.74) is -1.65. The highest BCUT2D eigenvalue weighted by molar-refractivity contribution is 7.99. The van der Waals surface area contributed by atoms with Gasteiger partial charge in [0.1, 0.15) is 11.9 Å². The van der Waals surface area contributed by atoms with E-state index >= 15 is 0 Å². The van der Waals surface area contributed by atoms with Crippen molar-refractivity contribution in [1.29, 1.82) is 5.26 Å². The second kappa shape index (κ2) is 12.0. The van der Waals surface area contributed by atoms with Crippen LogP contribution < -0.4 is 10.0 Å². The molecule has 2 aromatic rings. The number of carbonyl (C=O) groups is 1. The van der Waals surface area contributed by atoms with Gasteiger partial charge in [-0.25, -0.2) is 21.9 Å². The van der Waals surface area contributed by atoms with Gasteiger partial charge in [0.25, 0.3) is 15.9 Å². The molecule has 11 heteroatoms. The molecule has 0 radical (unpaired) electrons. The topological polar surface area (TPSA) is 102 Å². The Morgan fingerprint density at radius 1 is 1.19 bits per heavy atom. The number of benzene rings is 2. The van der Waals surface area contributed by atoms with Gasteiger partial charge in [-0.05, 0) is 95.2 Å². The highest BCUT2D eigenvalue weighted by atomic mass is 32.2. The van der Waals surface area contributed by atoms with E-state index in [-0.39, 0.29) is 35.2 Å². The first-order chi connectivity index (χ1) is 17.0. The van der Waals surface area contributed by atoms with Gasteiger partial charge in [0, 0.05) is 16.7 Å². The fraction of sp³-hybridized carbons (Fsp3) is 0.440. The van der Waals surface area contributed by atoms with Crippen molar-refractivity contribution in [3.63, 3.8) is 0 Å². The van der Waals surface area contributed by atoms with Crippen LogP contribution >= 0.6 is 11.8 Å². The molecule has 7 nitrogen and oxygen atoms in total. The third kappa shape index (κ3) is 7.41. The molecule has 0 aromatic heterocycles. The zero-order chi connectivity index (χ0) is 26.3. The summed E-state index contributed by atoms with van der Waals surface area (Å²) < 4.78 is 55.2. The molecule has 2 N–H and O–H groups in total. The Bertz CT molecular complexity index is 1210. The van der Waals surface area contributed by atoms with Gasteiger partial charge >= 0.3 is 0 Å². The van der Waals surface area contributed by atoms with E-state index in [0.717, 1.165) is 17.9 Å². The van der Waals surface area contributed by atoms with Crippen LogP contribution in [0.2, 0.25) is 0 Å². The van der Waals surface area contributed by atoms with Gasteiger partial charge in [-0.15, -0.1) is 11.8 Å². The largest absolute Gasteiger partial charge is 0.380 e. The van der Waals surface area contributed by atoms with Crippen LogP contribution in [0.15, 0.2) is 52.3 Å².